The Hall–Kier alpha value is -4.55. The third-order valence-corrected chi connectivity index (χ3v) is 6.33. The van der Waals surface area contributed by atoms with Gasteiger partial charge in [0.1, 0.15) is 23.1 Å². The molecule has 3 heterocycles. The first-order valence-corrected chi connectivity index (χ1v) is 13.3. The van der Waals surface area contributed by atoms with Gasteiger partial charge in [0.15, 0.2) is 5.82 Å². The van der Waals surface area contributed by atoms with Gasteiger partial charge in [-0.25, -0.2) is 14.2 Å². The van der Waals surface area contributed by atoms with E-state index in [0.29, 0.717) is 35.6 Å². The molecule has 0 spiro atoms. The van der Waals surface area contributed by atoms with E-state index in [2.05, 4.69) is 25.6 Å². The Morgan fingerprint density at radius 3 is 2.61 bits per heavy atom. The van der Waals surface area contributed by atoms with Crippen LogP contribution in [-0.2, 0) is 29.0 Å². The molecule has 220 valence electrons. The van der Waals surface area contributed by atoms with E-state index in [-0.39, 0.29) is 42.4 Å². The summed E-state index contributed by atoms with van der Waals surface area (Å²) in [5.74, 6) is -0.900. The number of nitrogens with zero attached hydrogens (tertiary/aromatic N) is 4. The van der Waals surface area contributed by atoms with E-state index in [1.807, 2.05) is 20.8 Å². The number of anilines is 1. The molecule has 3 amide bonds. The van der Waals surface area contributed by atoms with E-state index in [9.17, 15) is 28.7 Å². The molecule has 3 rings (SSSR count). The van der Waals surface area contributed by atoms with Crippen molar-refractivity contribution in [2.45, 2.75) is 59.0 Å². The zero-order valence-corrected chi connectivity index (χ0v) is 23.8. The molecule has 0 aromatic carbocycles. The van der Waals surface area contributed by atoms with Crippen molar-refractivity contribution in [2.75, 3.05) is 19.4 Å². The van der Waals surface area contributed by atoms with E-state index in [1.165, 1.54) is 21.6 Å². The Morgan fingerprint density at radius 1 is 1.24 bits per heavy atom. The number of likely N-dealkylation sites (N-methyl/N-ethyl adjacent to an activating group) is 1. The minimum atomic E-state index is -1.40. The number of amides is 3. The number of carboxylic acid groups (broad SMARTS) is 1. The largest absolute Gasteiger partial charge is 0.465 e. The molecule has 4 N–H and O–H groups in total. The number of aromatic nitrogens is 4. The maximum Gasteiger partial charge on any atom is 0.405 e. The topological polar surface area (TPSA) is 162 Å². The highest BCUT2D eigenvalue weighted by atomic mass is 19.1. The molecular formula is C28H36FN7O5. The molecule has 1 atom stereocenters. The van der Waals surface area contributed by atoms with Crippen LogP contribution in [0.3, 0.4) is 0 Å². The number of hydrogen-bond donors (Lipinski definition) is 4. The van der Waals surface area contributed by atoms with Gasteiger partial charge in [0.05, 0.1) is 24.0 Å². The van der Waals surface area contributed by atoms with Crippen molar-refractivity contribution in [1.29, 1.82) is 0 Å². The first-order chi connectivity index (χ1) is 19.4. The Bertz CT molecular complexity index is 1510. The van der Waals surface area contributed by atoms with Crippen LogP contribution in [0.2, 0.25) is 0 Å². The fraction of sp³-hybridized carbons (Fsp3) is 0.429. The van der Waals surface area contributed by atoms with Crippen molar-refractivity contribution in [1.82, 2.24) is 29.7 Å². The lowest BCUT2D eigenvalue weighted by molar-refractivity contribution is -0.123. The average Bonchev–Trinajstić information content (AvgIpc) is 3.34. The molecule has 1 unspecified atom stereocenters. The van der Waals surface area contributed by atoms with E-state index in [0.717, 1.165) is 6.20 Å². The predicted molar refractivity (Wildman–Crippen MR) is 152 cm³/mol. The van der Waals surface area contributed by atoms with Crippen molar-refractivity contribution >= 4 is 34.6 Å². The van der Waals surface area contributed by atoms with Gasteiger partial charge in [0, 0.05) is 19.8 Å². The molecule has 3 aromatic heterocycles. The molecular weight excluding hydrogens is 533 g/mol. The lowest BCUT2D eigenvalue weighted by Gasteiger charge is -2.17. The second-order valence-electron chi connectivity index (χ2n) is 10.2. The van der Waals surface area contributed by atoms with Gasteiger partial charge in [0.25, 0.3) is 5.56 Å². The number of rotatable bonds is 12. The van der Waals surface area contributed by atoms with E-state index < -0.39 is 29.4 Å². The van der Waals surface area contributed by atoms with E-state index >= 15 is 0 Å². The molecule has 3 aromatic rings. The number of aryl methyl sites for hydroxylation is 1. The van der Waals surface area contributed by atoms with Crippen molar-refractivity contribution in [3.63, 3.8) is 0 Å². The monoisotopic (exact) mass is 569 g/mol. The zero-order chi connectivity index (χ0) is 30.3. The van der Waals surface area contributed by atoms with Crippen LogP contribution in [0, 0.1) is 11.7 Å². The molecule has 13 heteroatoms. The summed E-state index contributed by atoms with van der Waals surface area (Å²) in [6.45, 7) is 5.91. The standard InChI is InChI=1S/C28H36FN7O5/c1-6-17-11-12-20(31-26(38)19(32-28(40)41)9-7-8-10-23(37)35(4)5)27(39)36(17)15-22-33-24-18(29)14-30-21(13-16(2)3)25(24)34-22/h8,10-12,14,16,19,32H,6-7,9,13,15H2,1-5H3,(H,31,38)(H,33,34)(H,40,41). The highest BCUT2D eigenvalue weighted by molar-refractivity contribution is 5.96. The second-order valence-corrected chi connectivity index (χ2v) is 10.2. The van der Waals surface area contributed by atoms with Crippen molar-refractivity contribution in [2.24, 2.45) is 5.92 Å². The first-order valence-electron chi connectivity index (χ1n) is 13.3. The number of pyridine rings is 2. The van der Waals surface area contributed by atoms with Crippen LogP contribution in [0.15, 0.2) is 35.3 Å². The minimum Gasteiger partial charge on any atom is -0.465 e. The van der Waals surface area contributed by atoms with Gasteiger partial charge in [-0.3, -0.25) is 19.4 Å². The second kappa shape index (κ2) is 13.7. The summed E-state index contributed by atoms with van der Waals surface area (Å²) in [7, 11) is 3.19. The Labute approximate surface area is 236 Å². The molecule has 0 fully saturated rings. The maximum atomic E-state index is 14.5. The van der Waals surface area contributed by atoms with Gasteiger partial charge in [-0.05, 0) is 49.8 Å². The molecule has 0 bridgehead atoms. The Balaban J connectivity index is 1.86. The number of allylic oxidation sites excluding steroid dienone is 1. The van der Waals surface area contributed by atoms with Gasteiger partial charge in [0.2, 0.25) is 11.8 Å². The van der Waals surface area contributed by atoms with Gasteiger partial charge in [-0.15, -0.1) is 0 Å². The summed E-state index contributed by atoms with van der Waals surface area (Å²) >= 11 is 0. The normalized spacial score (nSPS) is 12.2. The summed E-state index contributed by atoms with van der Waals surface area (Å²) in [5, 5.41) is 13.9. The van der Waals surface area contributed by atoms with Crippen molar-refractivity contribution in [3.05, 3.63) is 63.9 Å². The highest BCUT2D eigenvalue weighted by Crippen LogP contribution is 2.21. The molecule has 0 saturated heterocycles. The molecule has 41 heavy (non-hydrogen) atoms. The average molecular weight is 570 g/mol. The molecule has 0 radical (unpaired) electrons. The van der Waals surface area contributed by atoms with Crippen LogP contribution in [-0.4, -0.2) is 67.6 Å². The van der Waals surface area contributed by atoms with Crippen LogP contribution in [0.1, 0.15) is 50.8 Å². The summed E-state index contributed by atoms with van der Waals surface area (Å²) in [4.78, 5) is 62.5. The zero-order valence-electron chi connectivity index (χ0n) is 23.8. The Morgan fingerprint density at radius 2 is 1.98 bits per heavy atom. The Kier molecular flexibility index (Phi) is 10.3. The predicted octanol–water partition coefficient (Wildman–Crippen LogP) is 3.07. The summed E-state index contributed by atoms with van der Waals surface area (Å²) in [6, 6.07) is 1.98. The van der Waals surface area contributed by atoms with Crippen molar-refractivity contribution in [3.8, 4) is 0 Å². The fourth-order valence-electron chi connectivity index (χ4n) is 4.26. The first kappa shape index (κ1) is 31.0. The number of hydrogen-bond acceptors (Lipinski definition) is 6. The molecule has 0 saturated carbocycles. The molecule has 12 nitrogen and oxygen atoms in total. The number of halogens is 1. The number of carbonyl (C=O) groups excluding carboxylic acids is 2. The van der Waals surface area contributed by atoms with Crippen LogP contribution in [0.4, 0.5) is 14.9 Å². The SMILES string of the molecule is CCc1ccc(NC(=O)C(CCC=CC(=O)N(C)C)NC(=O)O)c(=O)n1Cc1nc2c(F)cnc(CC(C)C)c2[nH]1. The van der Waals surface area contributed by atoms with E-state index in [4.69, 9.17) is 0 Å². The van der Waals surface area contributed by atoms with Crippen LogP contribution in [0.5, 0.6) is 0 Å². The lowest BCUT2D eigenvalue weighted by atomic mass is 10.1. The molecule has 0 aliphatic rings. The van der Waals surface area contributed by atoms with Gasteiger partial charge >= 0.3 is 6.09 Å². The summed E-state index contributed by atoms with van der Waals surface area (Å²) in [6.07, 6.45) is 4.05. The van der Waals surface area contributed by atoms with Crippen LogP contribution in [0.25, 0.3) is 11.0 Å². The van der Waals surface area contributed by atoms with Gasteiger partial charge < -0.3 is 30.2 Å². The minimum absolute atomic E-state index is 0.0114. The number of H-pyrrole nitrogens is 1. The fourth-order valence-corrected chi connectivity index (χ4v) is 4.26. The van der Waals surface area contributed by atoms with Gasteiger partial charge in [-0.2, -0.15) is 0 Å². The quantitative estimate of drug-likeness (QED) is 0.244. The van der Waals surface area contributed by atoms with Crippen LogP contribution < -0.4 is 16.2 Å². The third kappa shape index (κ3) is 7.99. The third-order valence-electron chi connectivity index (χ3n) is 6.33. The number of imidazole rings is 1. The van der Waals surface area contributed by atoms with Gasteiger partial charge in [-0.1, -0.05) is 26.8 Å². The number of carbonyl (C=O) groups is 3. The number of fused-ring (bicyclic) bond motifs is 1. The molecule has 0 aliphatic heterocycles. The highest BCUT2D eigenvalue weighted by Gasteiger charge is 2.22. The lowest BCUT2D eigenvalue weighted by Crippen LogP contribution is -2.44. The summed E-state index contributed by atoms with van der Waals surface area (Å²) in [5.41, 5.74) is 1.39. The maximum absolute atomic E-state index is 14.5. The summed E-state index contributed by atoms with van der Waals surface area (Å²) < 4.78 is 15.9. The smallest absolute Gasteiger partial charge is 0.405 e. The van der Waals surface area contributed by atoms with E-state index in [1.54, 1.807) is 26.2 Å². The number of aromatic amines is 1. The van der Waals surface area contributed by atoms with Crippen molar-refractivity contribution < 1.29 is 23.9 Å². The molecule has 0 aliphatic carbocycles. The van der Waals surface area contributed by atoms with Crippen LogP contribution >= 0.6 is 0 Å². The number of nitrogens with one attached hydrogen (secondary N) is 3.